The fraction of sp³-hybridized carbons (Fsp3) is 0.311. The number of nitro groups is 1. The van der Waals surface area contributed by atoms with Gasteiger partial charge in [-0.1, -0.05) is 66.2 Å². The Hall–Kier alpha value is -4.96. The van der Waals surface area contributed by atoms with Gasteiger partial charge in [-0.25, -0.2) is 13.1 Å². The van der Waals surface area contributed by atoms with Crippen molar-refractivity contribution >= 4 is 56.4 Å². The minimum atomic E-state index is -4.47. The zero-order valence-corrected chi connectivity index (χ0v) is 35.4. The van der Waals surface area contributed by atoms with Crippen LogP contribution in [0.2, 0.25) is 5.02 Å². The van der Waals surface area contributed by atoms with Crippen molar-refractivity contribution in [3.63, 3.8) is 0 Å². The van der Waals surface area contributed by atoms with Gasteiger partial charge in [-0.2, -0.15) is 0 Å². The highest BCUT2D eigenvalue weighted by Gasteiger charge is 2.29. The molecule has 0 spiro atoms. The highest BCUT2D eigenvalue weighted by atomic mass is 35.5. The molecule has 314 valence electrons. The van der Waals surface area contributed by atoms with Gasteiger partial charge < -0.3 is 20.1 Å². The number of aliphatic hydroxyl groups excluding tert-OH is 1. The number of carbonyl (C=O) groups is 1. The van der Waals surface area contributed by atoms with Gasteiger partial charge in [-0.15, -0.1) is 11.8 Å². The first-order chi connectivity index (χ1) is 29.0. The molecule has 0 saturated carbocycles. The quantitative estimate of drug-likeness (QED) is 0.0499. The van der Waals surface area contributed by atoms with E-state index in [9.17, 15) is 28.4 Å². The molecular formula is C45H48ClN5O7S2. The van der Waals surface area contributed by atoms with Crippen molar-refractivity contribution in [1.82, 2.24) is 9.62 Å². The zero-order valence-electron chi connectivity index (χ0n) is 33.0. The summed E-state index contributed by atoms with van der Waals surface area (Å²) in [5, 5.41) is 27.8. The van der Waals surface area contributed by atoms with Gasteiger partial charge in [0.25, 0.3) is 21.6 Å². The Morgan fingerprint density at radius 2 is 1.58 bits per heavy atom. The van der Waals surface area contributed by atoms with Crippen LogP contribution in [0.15, 0.2) is 131 Å². The maximum atomic E-state index is 13.5. The molecule has 7 rings (SSSR count). The van der Waals surface area contributed by atoms with E-state index in [1.54, 1.807) is 36.0 Å². The number of aliphatic hydroxyl groups is 1. The highest BCUT2D eigenvalue weighted by molar-refractivity contribution is 7.99. The van der Waals surface area contributed by atoms with Crippen LogP contribution in [0.4, 0.5) is 17.1 Å². The lowest BCUT2D eigenvalue weighted by Gasteiger charge is -2.36. The van der Waals surface area contributed by atoms with Crippen LogP contribution in [0.3, 0.4) is 0 Å². The lowest BCUT2D eigenvalue weighted by atomic mass is 9.84. The van der Waals surface area contributed by atoms with E-state index in [4.69, 9.17) is 16.3 Å². The van der Waals surface area contributed by atoms with Crippen molar-refractivity contribution in [2.75, 3.05) is 61.9 Å². The number of piperidine rings is 1. The molecule has 0 aliphatic carbocycles. The summed E-state index contributed by atoms with van der Waals surface area (Å²) in [6, 6.07) is 35.5. The van der Waals surface area contributed by atoms with Gasteiger partial charge >= 0.3 is 0 Å². The Labute approximate surface area is 360 Å². The maximum Gasteiger partial charge on any atom is 0.293 e. The molecule has 15 heteroatoms. The molecule has 3 N–H and O–H groups in total. The molecule has 2 aliphatic rings. The maximum absolute atomic E-state index is 13.5. The number of carbonyl (C=O) groups excluding carboxylic acids is 1. The van der Waals surface area contributed by atoms with Crippen molar-refractivity contribution in [2.45, 2.75) is 41.2 Å². The molecular weight excluding hydrogens is 822 g/mol. The molecule has 0 unspecified atom stereocenters. The molecule has 2 heterocycles. The summed E-state index contributed by atoms with van der Waals surface area (Å²) < 4.78 is 34.5. The number of amides is 1. The highest BCUT2D eigenvalue weighted by Crippen LogP contribution is 2.38. The first-order valence-electron chi connectivity index (χ1n) is 20.0. The fourth-order valence-corrected chi connectivity index (χ4v) is 9.80. The van der Waals surface area contributed by atoms with Gasteiger partial charge in [-0.05, 0) is 103 Å². The second kappa shape index (κ2) is 20.1. The normalized spacial score (nSPS) is 16.2. The van der Waals surface area contributed by atoms with E-state index < -0.39 is 37.5 Å². The van der Waals surface area contributed by atoms with E-state index in [1.165, 1.54) is 12.1 Å². The van der Waals surface area contributed by atoms with Gasteiger partial charge in [0.2, 0.25) is 0 Å². The first-order valence-corrected chi connectivity index (χ1v) is 22.9. The minimum Gasteiger partial charge on any atom is -0.388 e. The number of thioether (sulfide) groups is 1. The smallest absolute Gasteiger partial charge is 0.293 e. The number of nitrogens with zero attached hydrogens (tertiary/aromatic N) is 3. The standard InChI is InChI=1S/C45H48ClN5O7S2/c46-35-14-10-32(11-15-35)40-8-4-5-9-41(40)44(52)33-20-24-50(25-21-33)37-16-12-34(13-17-37)45(53)48-60(56,57)39-18-19-42(43(30-39)51(54)55)47-36(22-23-49-26-28-58-29-27-49)31-59-38-6-2-1-3-7-38/h1-19,30,33,36,44,47,52H,20-29,31H2,(H,48,53)/t36-,44-/m0/s1. The summed E-state index contributed by atoms with van der Waals surface area (Å²) in [6.07, 6.45) is 1.55. The second-order valence-electron chi connectivity index (χ2n) is 15.0. The van der Waals surface area contributed by atoms with Crippen LogP contribution in [0.25, 0.3) is 11.1 Å². The number of halogens is 1. The summed E-state index contributed by atoms with van der Waals surface area (Å²) in [4.78, 5) is 30.1. The van der Waals surface area contributed by atoms with E-state index in [-0.39, 0.29) is 23.2 Å². The number of benzene rings is 5. The van der Waals surface area contributed by atoms with Gasteiger partial charge in [0.15, 0.2) is 0 Å². The average molecular weight is 870 g/mol. The van der Waals surface area contributed by atoms with Crippen molar-refractivity contribution < 1.29 is 28.0 Å². The number of anilines is 2. The SMILES string of the molecule is O=C(NS(=O)(=O)c1ccc(N[C@@H](CCN2CCOCC2)CSc2ccccc2)c([N+](=O)[O-])c1)c1ccc(N2CCC([C@H](O)c3ccccc3-c3ccc(Cl)cc3)CC2)cc1. The van der Waals surface area contributed by atoms with E-state index in [2.05, 4.69) is 19.8 Å². The van der Waals surface area contributed by atoms with Crippen molar-refractivity contribution in [3.8, 4) is 11.1 Å². The summed E-state index contributed by atoms with van der Waals surface area (Å²) >= 11 is 7.75. The van der Waals surface area contributed by atoms with Crippen molar-refractivity contribution in [3.05, 3.63) is 148 Å². The third kappa shape index (κ3) is 11.0. The molecule has 0 bridgehead atoms. The Morgan fingerprint density at radius 1 is 0.900 bits per heavy atom. The van der Waals surface area contributed by atoms with Gasteiger partial charge in [-0.3, -0.25) is 19.8 Å². The van der Waals surface area contributed by atoms with E-state index in [0.29, 0.717) is 43.5 Å². The Morgan fingerprint density at radius 3 is 2.28 bits per heavy atom. The summed E-state index contributed by atoms with van der Waals surface area (Å²) in [7, 11) is -4.47. The molecule has 2 saturated heterocycles. The van der Waals surface area contributed by atoms with Gasteiger partial charge in [0.05, 0.1) is 29.1 Å². The number of nitrogens with one attached hydrogen (secondary N) is 2. The Kier molecular flexibility index (Phi) is 14.4. The molecule has 12 nitrogen and oxygen atoms in total. The first kappa shape index (κ1) is 43.1. The van der Waals surface area contributed by atoms with Gasteiger partial charge in [0, 0.05) is 71.8 Å². The molecule has 60 heavy (non-hydrogen) atoms. The van der Waals surface area contributed by atoms with Crippen LogP contribution < -0.4 is 14.9 Å². The molecule has 0 aromatic heterocycles. The molecule has 0 radical (unpaired) electrons. The summed E-state index contributed by atoms with van der Waals surface area (Å²) in [6.45, 7) is 5.11. The van der Waals surface area contributed by atoms with Crippen LogP contribution in [-0.4, -0.2) is 87.0 Å². The molecule has 5 aromatic carbocycles. The predicted molar refractivity (Wildman–Crippen MR) is 237 cm³/mol. The Balaban J connectivity index is 0.967. The lowest BCUT2D eigenvalue weighted by molar-refractivity contribution is -0.384. The third-order valence-corrected chi connectivity index (χ3v) is 13.8. The number of morpholine rings is 1. The topological polar surface area (TPSA) is 154 Å². The zero-order chi connectivity index (χ0) is 42.1. The molecule has 1 amide bonds. The minimum absolute atomic E-state index is 0.0473. The van der Waals surface area contributed by atoms with E-state index in [1.807, 2.05) is 78.9 Å². The van der Waals surface area contributed by atoms with Crippen LogP contribution in [0.5, 0.6) is 0 Å². The number of hydrogen-bond acceptors (Lipinski definition) is 11. The molecule has 2 atom stereocenters. The van der Waals surface area contributed by atoms with Gasteiger partial charge in [0.1, 0.15) is 5.69 Å². The van der Waals surface area contributed by atoms with Crippen molar-refractivity contribution in [1.29, 1.82) is 0 Å². The number of hydrogen-bond donors (Lipinski definition) is 3. The molecule has 2 aliphatic heterocycles. The summed E-state index contributed by atoms with van der Waals surface area (Å²) in [5.74, 6) is -0.178. The van der Waals surface area contributed by atoms with Crippen molar-refractivity contribution in [2.24, 2.45) is 5.92 Å². The Bertz CT molecular complexity index is 2340. The van der Waals surface area contributed by atoms with E-state index >= 15 is 0 Å². The van der Waals surface area contributed by atoms with Crippen LogP contribution in [-0.2, 0) is 14.8 Å². The predicted octanol–water partition coefficient (Wildman–Crippen LogP) is 8.28. The molecule has 2 fully saturated rings. The van der Waals surface area contributed by atoms with E-state index in [0.717, 1.165) is 65.8 Å². The average Bonchev–Trinajstić information content (AvgIpc) is 3.28. The molecule has 5 aromatic rings. The van der Waals surface area contributed by atoms with Crippen LogP contribution >= 0.6 is 23.4 Å². The lowest BCUT2D eigenvalue weighted by Crippen LogP contribution is -2.39. The van der Waals surface area contributed by atoms with Crippen LogP contribution in [0, 0.1) is 16.0 Å². The monoisotopic (exact) mass is 869 g/mol. The number of rotatable bonds is 16. The summed E-state index contributed by atoms with van der Waals surface area (Å²) in [5.41, 5.74) is 3.62. The number of sulfonamides is 1. The van der Waals surface area contributed by atoms with Crippen LogP contribution in [0.1, 0.15) is 41.3 Å². The third-order valence-electron chi connectivity index (χ3n) is 11.1. The second-order valence-corrected chi connectivity index (χ2v) is 18.2. The number of ether oxygens (including phenoxy) is 1. The largest absolute Gasteiger partial charge is 0.388 e. The fourth-order valence-electron chi connectivity index (χ4n) is 7.68. The number of nitro benzene ring substituents is 1.